The Hall–Kier alpha value is -2.88. The first-order valence-electron chi connectivity index (χ1n) is 9.69. The molecule has 4 rings (SSSR count). The molecule has 0 aliphatic carbocycles. The SMILES string of the molecule is CC1(NC(=O)C(=S)c2ccccc2)C(=O)N2C(C(=O)O)=C(C(=S)c3ccccc3)CS[C@H]21. The summed E-state index contributed by atoms with van der Waals surface area (Å²) in [6.07, 6.45) is 0. The minimum atomic E-state index is -1.28. The number of nitrogens with zero attached hydrogens (tertiary/aromatic N) is 1. The maximum absolute atomic E-state index is 13.1. The molecule has 2 aromatic carbocycles. The van der Waals surface area contributed by atoms with Gasteiger partial charge in [-0.25, -0.2) is 4.79 Å². The van der Waals surface area contributed by atoms with E-state index in [0.29, 0.717) is 27.3 Å². The van der Waals surface area contributed by atoms with E-state index in [0.717, 1.165) is 0 Å². The van der Waals surface area contributed by atoms with Crippen LogP contribution in [0.1, 0.15) is 18.1 Å². The standard InChI is InChI=1S/C23H18N2O4S3/c1-23(24-19(26)18(31)14-10-6-3-7-11-14)21(29)25-16(20(27)28)15(12-32-22(23)25)17(30)13-8-4-2-5-9-13/h2-11,22H,12H2,1H3,(H,24,26)(H,27,28)/t22-,23?/m0/s1. The van der Waals surface area contributed by atoms with Gasteiger partial charge in [0, 0.05) is 11.3 Å². The highest BCUT2D eigenvalue weighted by Crippen LogP contribution is 2.46. The maximum Gasteiger partial charge on any atom is 0.353 e. The van der Waals surface area contributed by atoms with Crippen LogP contribution in [0.3, 0.4) is 0 Å². The number of carboxylic acids is 1. The van der Waals surface area contributed by atoms with Gasteiger partial charge in [-0.15, -0.1) is 11.8 Å². The highest BCUT2D eigenvalue weighted by Gasteiger charge is 2.63. The van der Waals surface area contributed by atoms with Crippen LogP contribution in [0.15, 0.2) is 71.9 Å². The Kier molecular flexibility index (Phi) is 5.98. The fourth-order valence-corrected chi connectivity index (χ4v) is 5.82. The van der Waals surface area contributed by atoms with E-state index in [-0.39, 0.29) is 10.6 Å². The van der Waals surface area contributed by atoms with Gasteiger partial charge < -0.3 is 10.4 Å². The first kappa shape index (κ1) is 22.3. The van der Waals surface area contributed by atoms with E-state index in [1.54, 1.807) is 43.3 Å². The Morgan fingerprint density at radius 2 is 1.62 bits per heavy atom. The minimum absolute atomic E-state index is 0.0684. The number of aliphatic carboxylic acids is 1. The Balaban J connectivity index is 1.60. The summed E-state index contributed by atoms with van der Waals surface area (Å²) >= 11 is 12.2. The van der Waals surface area contributed by atoms with Gasteiger partial charge in [-0.1, -0.05) is 85.1 Å². The van der Waals surface area contributed by atoms with Crippen LogP contribution >= 0.6 is 36.2 Å². The van der Waals surface area contributed by atoms with Crippen molar-refractivity contribution in [2.24, 2.45) is 0 Å². The predicted molar refractivity (Wildman–Crippen MR) is 131 cm³/mol. The van der Waals surface area contributed by atoms with Crippen molar-refractivity contribution in [1.82, 2.24) is 10.2 Å². The van der Waals surface area contributed by atoms with Gasteiger partial charge in [-0.3, -0.25) is 14.5 Å². The molecule has 32 heavy (non-hydrogen) atoms. The highest BCUT2D eigenvalue weighted by molar-refractivity contribution is 8.00. The van der Waals surface area contributed by atoms with Gasteiger partial charge in [0.2, 0.25) is 0 Å². The van der Waals surface area contributed by atoms with Crippen molar-refractivity contribution in [1.29, 1.82) is 0 Å². The fraction of sp³-hybridized carbons (Fsp3) is 0.174. The third kappa shape index (κ3) is 3.66. The smallest absolute Gasteiger partial charge is 0.353 e. The lowest BCUT2D eigenvalue weighted by atomic mass is 9.87. The summed E-state index contributed by atoms with van der Waals surface area (Å²) in [6.45, 7) is 1.59. The van der Waals surface area contributed by atoms with Crippen LogP contribution in [-0.2, 0) is 14.4 Å². The van der Waals surface area contributed by atoms with Crippen LogP contribution in [0.2, 0.25) is 0 Å². The molecule has 162 valence electrons. The van der Waals surface area contributed by atoms with Crippen LogP contribution < -0.4 is 5.32 Å². The zero-order valence-electron chi connectivity index (χ0n) is 16.9. The van der Waals surface area contributed by atoms with Crippen LogP contribution in [0.4, 0.5) is 0 Å². The first-order valence-corrected chi connectivity index (χ1v) is 11.6. The Bertz CT molecular complexity index is 1180. The van der Waals surface area contributed by atoms with E-state index in [1.807, 2.05) is 24.3 Å². The molecule has 0 saturated carbocycles. The highest BCUT2D eigenvalue weighted by atomic mass is 32.2. The minimum Gasteiger partial charge on any atom is -0.477 e. The first-order chi connectivity index (χ1) is 15.3. The largest absolute Gasteiger partial charge is 0.477 e. The Morgan fingerprint density at radius 1 is 1.06 bits per heavy atom. The number of fused-ring (bicyclic) bond motifs is 1. The quantitative estimate of drug-likeness (QED) is 0.372. The lowest BCUT2D eigenvalue weighted by molar-refractivity contribution is -0.157. The van der Waals surface area contributed by atoms with Crippen LogP contribution in [-0.4, -0.2) is 54.2 Å². The van der Waals surface area contributed by atoms with Gasteiger partial charge in [0.05, 0.1) is 4.86 Å². The summed E-state index contributed by atoms with van der Waals surface area (Å²) in [7, 11) is 0. The number of rotatable bonds is 6. The molecule has 1 fully saturated rings. The number of thioether (sulfide) groups is 1. The van der Waals surface area contributed by atoms with Gasteiger partial charge >= 0.3 is 5.97 Å². The summed E-state index contributed by atoms with van der Waals surface area (Å²) in [6, 6.07) is 17.9. The fourth-order valence-electron chi connectivity index (χ4n) is 3.79. The molecule has 6 nitrogen and oxygen atoms in total. The van der Waals surface area contributed by atoms with Crippen LogP contribution in [0, 0.1) is 0 Å². The van der Waals surface area contributed by atoms with Gasteiger partial charge in [0.15, 0.2) is 0 Å². The number of benzene rings is 2. The molecule has 0 bridgehead atoms. The van der Waals surface area contributed by atoms with Crippen molar-refractivity contribution in [3.8, 4) is 0 Å². The van der Waals surface area contributed by atoms with E-state index >= 15 is 0 Å². The van der Waals surface area contributed by atoms with E-state index in [9.17, 15) is 19.5 Å². The van der Waals surface area contributed by atoms with Gasteiger partial charge in [0.25, 0.3) is 11.8 Å². The molecule has 0 radical (unpaired) electrons. The number of amides is 2. The normalized spacial score (nSPS) is 22.0. The molecule has 2 amide bonds. The van der Waals surface area contributed by atoms with E-state index in [1.165, 1.54) is 16.7 Å². The summed E-state index contributed by atoms with van der Waals surface area (Å²) in [5, 5.41) is 12.1. The summed E-state index contributed by atoms with van der Waals surface area (Å²) in [5.41, 5.74) is 0.297. The topological polar surface area (TPSA) is 86.7 Å². The maximum atomic E-state index is 13.1. The van der Waals surface area contributed by atoms with E-state index < -0.39 is 28.7 Å². The Morgan fingerprint density at radius 3 is 2.19 bits per heavy atom. The number of nitrogens with one attached hydrogen (secondary N) is 1. The van der Waals surface area contributed by atoms with Gasteiger partial charge in [-0.05, 0) is 18.1 Å². The molecule has 0 spiro atoms. The monoisotopic (exact) mass is 482 g/mol. The van der Waals surface area contributed by atoms with Crippen molar-refractivity contribution in [3.05, 3.63) is 83.1 Å². The van der Waals surface area contributed by atoms with Crippen LogP contribution in [0.5, 0.6) is 0 Å². The predicted octanol–water partition coefficient (Wildman–Crippen LogP) is 2.95. The van der Waals surface area contributed by atoms with Crippen molar-refractivity contribution in [2.45, 2.75) is 17.8 Å². The molecule has 2 aromatic rings. The lowest BCUT2D eigenvalue weighted by Crippen LogP contribution is -2.78. The summed E-state index contributed by atoms with van der Waals surface area (Å²) < 4.78 is 0. The molecule has 1 saturated heterocycles. The van der Waals surface area contributed by atoms with E-state index in [4.69, 9.17) is 24.4 Å². The zero-order valence-corrected chi connectivity index (χ0v) is 19.4. The number of carbonyl (C=O) groups excluding carboxylic acids is 2. The number of β-lactam (4-membered cyclic amide) rings is 1. The van der Waals surface area contributed by atoms with Gasteiger partial charge in [-0.2, -0.15) is 0 Å². The molecule has 2 aliphatic heterocycles. The van der Waals surface area contributed by atoms with E-state index in [2.05, 4.69) is 5.32 Å². The molecule has 0 aromatic heterocycles. The number of carboxylic acid groups (broad SMARTS) is 1. The third-order valence-corrected chi connectivity index (χ3v) is 7.79. The van der Waals surface area contributed by atoms with Crippen molar-refractivity contribution >= 4 is 63.7 Å². The second-order valence-electron chi connectivity index (χ2n) is 7.52. The molecule has 2 aliphatic rings. The number of hydrogen-bond acceptors (Lipinski definition) is 6. The average molecular weight is 483 g/mol. The zero-order chi connectivity index (χ0) is 23.0. The third-order valence-electron chi connectivity index (χ3n) is 5.43. The molecular formula is C23H18N2O4S3. The molecule has 9 heteroatoms. The lowest BCUT2D eigenvalue weighted by Gasteiger charge is -2.55. The van der Waals surface area contributed by atoms with Crippen LogP contribution in [0.25, 0.3) is 0 Å². The molecule has 2 N–H and O–H groups in total. The van der Waals surface area contributed by atoms with Crippen molar-refractivity contribution in [2.75, 3.05) is 5.75 Å². The molecule has 1 unspecified atom stereocenters. The summed E-state index contributed by atoms with van der Waals surface area (Å²) in [4.78, 5) is 39.7. The summed E-state index contributed by atoms with van der Waals surface area (Å²) in [5.74, 6) is -1.98. The van der Waals surface area contributed by atoms with Crippen molar-refractivity contribution < 1.29 is 19.5 Å². The second kappa shape index (κ2) is 8.57. The van der Waals surface area contributed by atoms with Gasteiger partial charge in [0.1, 0.15) is 21.5 Å². The average Bonchev–Trinajstić information content (AvgIpc) is 2.82. The molecule has 2 heterocycles. The molecular weight excluding hydrogens is 464 g/mol. The molecule has 2 atom stereocenters. The number of carbonyl (C=O) groups is 3. The van der Waals surface area contributed by atoms with Crippen molar-refractivity contribution in [3.63, 3.8) is 0 Å². The second-order valence-corrected chi connectivity index (χ2v) is 9.40. The number of hydrogen-bond donors (Lipinski definition) is 2. The number of thiocarbonyl (C=S) groups is 2. The Labute approximate surface area is 199 Å².